The summed E-state index contributed by atoms with van der Waals surface area (Å²) in [5.74, 6) is 0.630. The summed E-state index contributed by atoms with van der Waals surface area (Å²) >= 11 is 0. The summed E-state index contributed by atoms with van der Waals surface area (Å²) in [5, 5.41) is 7.19. The van der Waals surface area contributed by atoms with Gasteiger partial charge in [-0.3, -0.25) is 9.48 Å². The highest BCUT2D eigenvalue weighted by molar-refractivity contribution is 6.05. The molecule has 1 amide bonds. The van der Waals surface area contributed by atoms with Crippen LogP contribution in [0.3, 0.4) is 0 Å². The van der Waals surface area contributed by atoms with Gasteiger partial charge in [0.1, 0.15) is 6.10 Å². The first-order chi connectivity index (χ1) is 16.7. The van der Waals surface area contributed by atoms with E-state index < -0.39 is 0 Å². The summed E-state index contributed by atoms with van der Waals surface area (Å²) in [5.41, 5.74) is 12.2. The van der Waals surface area contributed by atoms with Crippen LogP contribution in [0.1, 0.15) is 34.5 Å². The monoisotopic (exact) mass is 470 g/mol. The fraction of sp³-hybridized carbons (Fsp3) is 0.222. The molecule has 0 fully saturated rings. The summed E-state index contributed by atoms with van der Waals surface area (Å²) in [7, 11) is 5.78. The van der Waals surface area contributed by atoms with Gasteiger partial charge in [-0.05, 0) is 55.3 Å². The van der Waals surface area contributed by atoms with E-state index in [9.17, 15) is 4.79 Å². The Balaban J connectivity index is 1.50. The Bertz CT molecular complexity index is 1360. The maximum atomic E-state index is 12.9. The lowest BCUT2D eigenvalue weighted by molar-refractivity contribution is 0.102. The van der Waals surface area contributed by atoms with Crippen molar-refractivity contribution in [1.82, 2.24) is 14.8 Å². The first kappa shape index (κ1) is 23.8. The molecule has 2 heterocycles. The first-order valence-electron chi connectivity index (χ1n) is 11.3. The molecule has 0 aliphatic heterocycles. The van der Waals surface area contributed by atoms with Crippen molar-refractivity contribution in [3.8, 4) is 16.9 Å². The summed E-state index contributed by atoms with van der Waals surface area (Å²) in [6, 6.07) is 15.1. The molecule has 0 saturated carbocycles. The molecule has 0 aliphatic carbocycles. The van der Waals surface area contributed by atoms with Crippen LogP contribution in [0.25, 0.3) is 11.1 Å². The minimum atomic E-state index is -0.320. The topological polar surface area (TPSA) is 98.3 Å². The SMILES string of the molecule is Cc1ccc(C(=O)Nc2cccc([C@H](C)Oc3cc(-c4cnn(C)c4)cnc3N)c2)cc1N(C)C. The van der Waals surface area contributed by atoms with Crippen LogP contribution in [0.2, 0.25) is 0 Å². The van der Waals surface area contributed by atoms with Crippen molar-refractivity contribution in [3.63, 3.8) is 0 Å². The molecule has 1 atom stereocenters. The number of carbonyl (C=O) groups is 1. The highest BCUT2D eigenvalue weighted by Crippen LogP contribution is 2.31. The van der Waals surface area contributed by atoms with E-state index >= 15 is 0 Å². The summed E-state index contributed by atoms with van der Waals surface area (Å²) in [6.45, 7) is 3.96. The van der Waals surface area contributed by atoms with E-state index in [1.54, 1.807) is 17.1 Å². The molecule has 8 nitrogen and oxygen atoms in total. The number of benzene rings is 2. The van der Waals surface area contributed by atoms with E-state index in [1.807, 2.05) is 94.6 Å². The standard InChI is InChI=1S/C27H30N6O2/c1-17-9-10-20(12-24(17)32(3)4)27(34)31-23-8-6-7-19(11-23)18(2)35-25-13-21(14-29-26(25)28)22-15-30-33(5)16-22/h6-16,18H,1-5H3,(H2,28,29)(H,31,34)/t18-/m0/s1. The van der Waals surface area contributed by atoms with E-state index in [4.69, 9.17) is 10.5 Å². The predicted molar refractivity (Wildman–Crippen MR) is 140 cm³/mol. The van der Waals surface area contributed by atoms with Gasteiger partial charge in [-0.15, -0.1) is 0 Å². The zero-order valence-corrected chi connectivity index (χ0v) is 20.6. The maximum absolute atomic E-state index is 12.9. The molecular formula is C27H30N6O2. The Morgan fingerprint density at radius 3 is 2.63 bits per heavy atom. The zero-order valence-electron chi connectivity index (χ0n) is 20.6. The van der Waals surface area contributed by atoms with E-state index in [2.05, 4.69) is 15.4 Å². The van der Waals surface area contributed by atoms with E-state index in [-0.39, 0.29) is 12.0 Å². The summed E-state index contributed by atoms with van der Waals surface area (Å²) < 4.78 is 7.90. The quantitative estimate of drug-likeness (QED) is 0.401. The van der Waals surface area contributed by atoms with Crippen molar-refractivity contribution in [2.75, 3.05) is 30.0 Å². The van der Waals surface area contributed by atoms with Gasteiger partial charge in [-0.2, -0.15) is 5.10 Å². The molecule has 0 bridgehead atoms. The van der Waals surface area contributed by atoms with Crippen LogP contribution in [0.4, 0.5) is 17.2 Å². The Labute approximate surface area is 205 Å². The van der Waals surface area contributed by atoms with Crippen LogP contribution in [0, 0.1) is 6.92 Å². The summed E-state index contributed by atoms with van der Waals surface area (Å²) in [4.78, 5) is 19.2. The molecule has 4 aromatic rings. The molecule has 0 unspecified atom stereocenters. The second-order valence-electron chi connectivity index (χ2n) is 8.75. The molecule has 35 heavy (non-hydrogen) atoms. The van der Waals surface area contributed by atoms with E-state index in [1.165, 1.54) is 0 Å². The number of ether oxygens (including phenoxy) is 1. The van der Waals surface area contributed by atoms with Crippen molar-refractivity contribution in [1.29, 1.82) is 0 Å². The fourth-order valence-corrected chi connectivity index (χ4v) is 3.84. The number of amides is 1. The minimum Gasteiger partial charge on any atom is -0.482 e. The zero-order chi connectivity index (χ0) is 25.1. The molecular weight excluding hydrogens is 440 g/mol. The lowest BCUT2D eigenvalue weighted by Crippen LogP contribution is -2.15. The number of rotatable bonds is 7. The Hall–Kier alpha value is -4.33. The number of hydrogen-bond acceptors (Lipinski definition) is 6. The smallest absolute Gasteiger partial charge is 0.255 e. The van der Waals surface area contributed by atoms with Crippen LogP contribution >= 0.6 is 0 Å². The third-order valence-corrected chi connectivity index (χ3v) is 5.79. The van der Waals surface area contributed by atoms with Crippen LogP contribution in [0.15, 0.2) is 67.1 Å². The van der Waals surface area contributed by atoms with Crippen LogP contribution in [-0.4, -0.2) is 34.8 Å². The molecule has 180 valence electrons. The number of carbonyl (C=O) groups excluding carboxylic acids is 1. The number of anilines is 3. The normalized spacial score (nSPS) is 11.7. The Kier molecular flexibility index (Phi) is 6.73. The Morgan fingerprint density at radius 1 is 1.11 bits per heavy atom. The largest absolute Gasteiger partial charge is 0.482 e. The summed E-state index contributed by atoms with van der Waals surface area (Å²) in [6.07, 6.45) is 5.05. The first-order valence-corrected chi connectivity index (χ1v) is 11.3. The number of nitrogens with one attached hydrogen (secondary N) is 1. The van der Waals surface area contributed by atoms with Crippen molar-refractivity contribution in [3.05, 3.63) is 83.8 Å². The average Bonchev–Trinajstić information content (AvgIpc) is 3.27. The lowest BCUT2D eigenvalue weighted by atomic mass is 10.1. The van der Waals surface area contributed by atoms with E-state index in [0.717, 1.165) is 27.9 Å². The van der Waals surface area contributed by atoms with Crippen LogP contribution in [-0.2, 0) is 7.05 Å². The van der Waals surface area contributed by atoms with Crippen molar-refractivity contribution in [2.24, 2.45) is 7.05 Å². The molecule has 0 spiro atoms. The average molecular weight is 471 g/mol. The van der Waals surface area contributed by atoms with Crippen molar-refractivity contribution >= 4 is 23.1 Å². The minimum absolute atomic E-state index is 0.170. The second kappa shape index (κ2) is 9.89. The Morgan fingerprint density at radius 2 is 1.91 bits per heavy atom. The van der Waals surface area contributed by atoms with Gasteiger partial charge >= 0.3 is 0 Å². The van der Waals surface area contributed by atoms with E-state index in [0.29, 0.717) is 22.8 Å². The van der Waals surface area contributed by atoms with Gasteiger partial charge in [0.2, 0.25) is 0 Å². The van der Waals surface area contributed by atoms with Gasteiger partial charge in [-0.25, -0.2) is 4.98 Å². The molecule has 0 radical (unpaired) electrons. The molecule has 0 saturated heterocycles. The molecule has 2 aromatic heterocycles. The maximum Gasteiger partial charge on any atom is 0.255 e. The number of nitrogens with zero attached hydrogens (tertiary/aromatic N) is 4. The number of hydrogen-bond donors (Lipinski definition) is 2. The molecule has 8 heteroatoms. The number of nitrogen functional groups attached to an aromatic ring is 1. The molecule has 3 N–H and O–H groups in total. The van der Waals surface area contributed by atoms with Gasteiger partial charge in [0.15, 0.2) is 11.6 Å². The third-order valence-electron chi connectivity index (χ3n) is 5.79. The van der Waals surface area contributed by atoms with Crippen LogP contribution in [0.5, 0.6) is 5.75 Å². The molecule has 0 aliphatic rings. The van der Waals surface area contributed by atoms with Gasteiger partial charge < -0.3 is 20.7 Å². The van der Waals surface area contributed by atoms with Crippen LogP contribution < -0.4 is 20.7 Å². The van der Waals surface area contributed by atoms with Crippen molar-refractivity contribution in [2.45, 2.75) is 20.0 Å². The molecule has 4 rings (SSSR count). The lowest BCUT2D eigenvalue weighted by Gasteiger charge is -2.18. The van der Waals surface area contributed by atoms with Gasteiger partial charge in [0.05, 0.1) is 6.20 Å². The molecule has 2 aromatic carbocycles. The predicted octanol–water partition coefficient (Wildman–Crippen LogP) is 4.83. The fourth-order valence-electron chi connectivity index (χ4n) is 3.84. The van der Waals surface area contributed by atoms with Gasteiger partial charge in [-0.1, -0.05) is 18.2 Å². The number of aromatic nitrogens is 3. The number of aryl methyl sites for hydroxylation is 2. The number of pyridine rings is 1. The van der Waals surface area contributed by atoms with Crippen molar-refractivity contribution < 1.29 is 9.53 Å². The van der Waals surface area contributed by atoms with Gasteiger partial charge in [0, 0.05) is 61.6 Å². The highest BCUT2D eigenvalue weighted by Gasteiger charge is 2.15. The number of nitrogens with two attached hydrogens (primary N) is 1. The third kappa shape index (κ3) is 5.43. The van der Waals surface area contributed by atoms with Gasteiger partial charge in [0.25, 0.3) is 5.91 Å². The highest BCUT2D eigenvalue weighted by atomic mass is 16.5. The second-order valence-corrected chi connectivity index (χ2v) is 8.75.